The normalized spacial score (nSPS) is 14.4. The van der Waals surface area contributed by atoms with Gasteiger partial charge in [-0.15, -0.1) is 0 Å². The van der Waals surface area contributed by atoms with Gasteiger partial charge in [-0.05, 0) is 42.5 Å². The molecule has 10 nitrogen and oxygen atoms in total. The van der Waals surface area contributed by atoms with E-state index in [0.717, 1.165) is 50.7 Å². The fraction of sp³-hybridized carbons (Fsp3) is 0.280. The van der Waals surface area contributed by atoms with Crippen LogP contribution in [0.4, 0.5) is 35.2 Å². The first-order valence-corrected chi connectivity index (χ1v) is 12.4. The number of morpholine rings is 1. The van der Waals surface area contributed by atoms with Gasteiger partial charge in [-0.1, -0.05) is 11.6 Å². The predicted octanol–water partition coefficient (Wildman–Crippen LogP) is 4.88. The highest BCUT2D eigenvalue weighted by Crippen LogP contribution is 2.36. The largest absolute Gasteiger partial charge is 0.417 e. The fourth-order valence-electron chi connectivity index (χ4n) is 4.13. The Morgan fingerprint density at radius 2 is 1.72 bits per heavy atom. The Hall–Kier alpha value is -3.94. The monoisotopic (exact) mass is 560 g/mol. The summed E-state index contributed by atoms with van der Waals surface area (Å²) < 4.78 is 46.4. The second kappa shape index (κ2) is 11.4. The van der Waals surface area contributed by atoms with Crippen LogP contribution in [0.3, 0.4) is 0 Å². The highest BCUT2D eigenvalue weighted by atomic mass is 35.5. The molecule has 3 heterocycles. The second-order valence-electron chi connectivity index (χ2n) is 8.71. The Morgan fingerprint density at radius 1 is 1.00 bits per heavy atom. The third-order valence-corrected chi connectivity index (χ3v) is 6.42. The molecule has 0 aliphatic carbocycles. The zero-order valence-electron chi connectivity index (χ0n) is 20.5. The van der Waals surface area contributed by atoms with Crippen molar-refractivity contribution >= 4 is 46.0 Å². The fourth-order valence-corrected chi connectivity index (χ4v) is 4.35. The van der Waals surface area contributed by atoms with Gasteiger partial charge in [0.05, 0.1) is 23.8 Å². The van der Waals surface area contributed by atoms with Gasteiger partial charge in [-0.25, -0.2) is 19.7 Å². The maximum absolute atomic E-state index is 13.1. The molecular weight excluding hydrogens is 537 g/mol. The molecule has 2 aromatic heterocycles. The van der Waals surface area contributed by atoms with Gasteiger partial charge in [0.15, 0.2) is 17.0 Å². The SMILES string of the molecule is O=C(Nc1ccc(-n2cnc3c(NCCN4CCOCC4)ncnc32)cc1)Nc1ccc(Cl)c(C(F)(F)F)c1. The third-order valence-electron chi connectivity index (χ3n) is 6.09. The molecule has 14 heteroatoms. The van der Waals surface area contributed by atoms with Crippen molar-refractivity contribution in [2.45, 2.75) is 6.18 Å². The van der Waals surface area contributed by atoms with Crippen molar-refractivity contribution in [2.24, 2.45) is 0 Å². The standard InChI is InChI=1S/C25H24ClF3N8O2/c26-20-6-3-17(13-19(20)25(27,28)29)35-24(38)34-16-1-4-18(5-2-16)37-15-33-21-22(31-14-32-23(21)37)30-7-8-36-9-11-39-12-10-36/h1-6,13-15H,7-12H2,(H,30,31,32)(H2,34,35,38). The number of ether oxygens (including phenoxy) is 1. The maximum atomic E-state index is 13.1. The predicted molar refractivity (Wildman–Crippen MR) is 142 cm³/mol. The van der Waals surface area contributed by atoms with Crippen molar-refractivity contribution in [3.63, 3.8) is 0 Å². The zero-order valence-corrected chi connectivity index (χ0v) is 21.3. The van der Waals surface area contributed by atoms with Crippen LogP contribution >= 0.6 is 11.6 Å². The number of halogens is 4. The molecule has 0 bridgehead atoms. The number of imidazole rings is 1. The molecule has 2 aromatic carbocycles. The van der Waals surface area contributed by atoms with Gasteiger partial charge >= 0.3 is 12.2 Å². The van der Waals surface area contributed by atoms with E-state index in [0.29, 0.717) is 29.2 Å². The van der Waals surface area contributed by atoms with E-state index in [4.69, 9.17) is 16.3 Å². The van der Waals surface area contributed by atoms with E-state index >= 15 is 0 Å². The molecule has 39 heavy (non-hydrogen) atoms. The van der Waals surface area contributed by atoms with Gasteiger partial charge in [0.2, 0.25) is 0 Å². The number of hydrogen-bond acceptors (Lipinski definition) is 7. The Bertz CT molecular complexity index is 1460. The summed E-state index contributed by atoms with van der Waals surface area (Å²) in [6, 6.07) is 9.29. The molecule has 2 amide bonds. The molecule has 3 N–H and O–H groups in total. The number of fused-ring (bicyclic) bond motifs is 1. The highest BCUT2D eigenvalue weighted by molar-refractivity contribution is 6.31. The van der Waals surface area contributed by atoms with Crippen LogP contribution in [0.5, 0.6) is 0 Å². The minimum absolute atomic E-state index is 0.0419. The quantitative estimate of drug-likeness (QED) is 0.296. The number of benzene rings is 2. The zero-order chi connectivity index (χ0) is 27.4. The summed E-state index contributed by atoms with van der Waals surface area (Å²) in [6.45, 7) is 4.86. The van der Waals surface area contributed by atoms with E-state index in [-0.39, 0.29) is 5.69 Å². The van der Waals surface area contributed by atoms with Gasteiger partial charge < -0.3 is 20.7 Å². The molecule has 5 rings (SSSR count). The Morgan fingerprint density at radius 3 is 2.46 bits per heavy atom. The minimum Gasteiger partial charge on any atom is -0.379 e. The van der Waals surface area contributed by atoms with Gasteiger partial charge in [0.25, 0.3) is 0 Å². The van der Waals surface area contributed by atoms with Crippen molar-refractivity contribution in [3.05, 3.63) is 65.7 Å². The number of nitrogens with one attached hydrogen (secondary N) is 3. The number of aromatic nitrogens is 4. The third kappa shape index (κ3) is 6.38. The number of carbonyl (C=O) groups excluding carboxylic acids is 1. The van der Waals surface area contributed by atoms with Gasteiger partial charge in [0, 0.05) is 43.2 Å². The number of urea groups is 1. The first-order valence-electron chi connectivity index (χ1n) is 12.0. The summed E-state index contributed by atoms with van der Waals surface area (Å²) in [6.07, 6.45) is -1.53. The lowest BCUT2D eigenvalue weighted by molar-refractivity contribution is -0.137. The summed E-state index contributed by atoms with van der Waals surface area (Å²) in [7, 11) is 0. The van der Waals surface area contributed by atoms with Crippen LogP contribution < -0.4 is 16.0 Å². The maximum Gasteiger partial charge on any atom is 0.417 e. The van der Waals surface area contributed by atoms with Crippen molar-refractivity contribution in [2.75, 3.05) is 55.3 Å². The lowest BCUT2D eigenvalue weighted by Gasteiger charge is -2.26. The van der Waals surface area contributed by atoms with Crippen LogP contribution in [0.1, 0.15) is 5.56 Å². The van der Waals surface area contributed by atoms with Crippen LogP contribution in [-0.2, 0) is 10.9 Å². The molecule has 0 atom stereocenters. The molecule has 0 spiro atoms. The van der Waals surface area contributed by atoms with Crippen molar-refractivity contribution in [3.8, 4) is 5.69 Å². The molecular formula is C25H24ClF3N8O2. The lowest BCUT2D eigenvalue weighted by atomic mass is 10.2. The Labute approximate surface area is 226 Å². The first-order chi connectivity index (χ1) is 18.8. The average Bonchev–Trinajstić information content (AvgIpc) is 3.35. The van der Waals surface area contributed by atoms with Crippen LogP contribution in [-0.4, -0.2) is 69.8 Å². The molecule has 4 aromatic rings. The number of alkyl halides is 3. The van der Waals surface area contributed by atoms with E-state index in [2.05, 4.69) is 35.8 Å². The molecule has 1 aliphatic heterocycles. The van der Waals surface area contributed by atoms with E-state index < -0.39 is 22.8 Å². The molecule has 0 saturated carbocycles. The van der Waals surface area contributed by atoms with Crippen LogP contribution in [0, 0.1) is 0 Å². The molecule has 1 fully saturated rings. The summed E-state index contributed by atoms with van der Waals surface area (Å²) >= 11 is 5.63. The van der Waals surface area contributed by atoms with Gasteiger partial charge in [-0.3, -0.25) is 9.47 Å². The van der Waals surface area contributed by atoms with Crippen molar-refractivity contribution in [1.29, 1.82) is 0 Å². The number of amides is 2. The summed E-state index contributed by atoms with van der Waals surface area (Å²) in [5, 5.41) is 7.86. The Balaban J connectivity index is 1.23. The van der Waals surface area contributed by atoms with Crippen LogP contribution in [0.25, 0.3) is 16.9 Å². The summed E-state index contributed by atoms with van der Waals surface area (Å²) in [5.74, 6) is 0.637. The van der Waals surface area contributed by atoms with Crippen LogP contribution in [0.15, 0.2) is 55.1 Å². The average molecular weight is 561 g/mol. The molecule has 204 valence electrons. The lowest BCUT2D eigenvalue weighted by Crippen LogP contribution is -2.39. The summed E-state index contributed by atoms with van der Waals surface area (Å²) in [4.78, 5) is 27.9. The summed E-state index contributed by atoms with van der Waals surface area (Å²) in [5.41, 5.74) is 1.35. The molecule has 1 saturated heterocycles. The topological polar surface area (TPSA) is 109 Å². The molecule has 0 radical (unpaired) electrons. The van der Waals surface area contributed by atoms with Gasteiger partial charge in [-0.2, -0.15) is 13.2 Å². The smallest absolute Gasteiger partial charge is 0.379 e. The minimum atomic E-state index is -4.64. The first kappa shape index (κ1) is 26.7. The molecule has 0 unspecified atom stereocenters. The van der Waals surface area contributed by atoms with E-state index in [1.54, 1.807) is 35.2 Å². The van der Waals surface area contributed by atoms with E-state index in [1.165, 1.54) is 12.4 Å². The number of nitrogens with zero attached hydrogens (tertiary/aromatic N) is 5. The number of rotatable bonds is 7. The van der Waals surface area contributed by atoms with E-state index in [9.17, 15) is 18.0 Å². The number of carbonyl (C=O) groups is 1. The van der Waals surface area contributed by atoms with Crippen molar-refractivity contribution < 1.29 is 22.7 Å². The van der Waals surface area contributed by atoms with E-state index in [1.807, 2.05) is 0 Å². The number of hydrogen-bond donors (Lipinski definition) is 3. The highest BCUT2D eigenvalue weighted by Gasteiger charge is 2.33. The Kier molecular flexibility index (Phi) is 7.82. The van der Waals surface area contributed by atoms with Crippen molar-refractivity contribution in [1.82, 2.24) is 24.4 Å². The second-order valence-corrected chi connectivity index (χ2v) is 9.12. The molecule has 1 aliphatic rings. The number of anilines is 3. The van der Waals surface area contributed by atoms with Gasteiger partial charge in [0.1, 0.15) is 12.7 Å². The van der Waals surface area contributed by atoms with Crippen LogP contribution in [0.2, 0.25) is 5.02 Å².